The summed E-state index contributed by atoms with van der Waals surface area (Å²) in [5.74, 6) is 0. The van der Waals surface area contributed by atoms with Gasteiger partial charge in [-0.15, -0.1) is 0 Å². The Morgan fingerprint density at radius 3 is 2.75 bits per heavy atom. The molecular formula is C12H11N3O. The number of nitrogens with zero attached hydrogens (tertiary/aromatic N) is 3. The predicted molar refractivity (Wildman–Crippen MR) is 61.2 cm³/mol. The van der Waals surface area contributed by atoms with Crippen LogP contribution in [0.1, 0.15) is 18.9 Å². The molecule has 1 heterocycles. The van der Waals surface area contributed by atoms with Crippen molar-refractivity contribution >= 4 is 17.7 Å². The summed E-state index contributed by atoms with van der Waals surface area (Å²) < 4.78 is 0. The molecular weight excluding hydrogens is 202 g/mol. The summed E-state index contributed by atoms with van der Waals surface area (Å²) in [5.41, 5.74) is 2.39. The van der Waals surface area contributed by atoms with E-state index in [1.165, 1.54) is 0 Å². The summed E-state index contributed by atoms with van der Waals surface area (Å²) in [4.78, 5) is 10.9. The second-order valence-corrected chi connectivity index (χ2v) is 3.75. The Morgan fingerprint density at radius 2 is 2.19 bits per heavy atom. The van der Waals surface area contributed by atoms with Crippen molar-refractivity contribution in [2.45, 2.75) is 19.4 Å². The van der Waals surface area contributed by atoms with Crippen molar-refractivity contribution in [1.29, 1.82) is 5.26 Å². The SMILES string of the molecule is CC1=NN(c2ccc(C#N)cc2)C(C=O)C1. The molecule has 0 bridgehead atoms. The number of hydrogen-bond acceptors (Lipinski definition) is 4. The largest absolute Gasteiger partial charge is 0.301 e. The van der Waals surface area contributed by atoms with Crippen LogP contribution in [-0.4, -0.2) is 18.0 Å². The molecule has 0 aliphatic carbocycles. The molecule has 1 atom stereocenters. The summed E-state index contributed by atoms with van der Waals surface area (Å²) in [6, 6.07) is 8.89. The van der Waals surface area contributed by atoms with Crippen LogP contribution in [0.3, 0.4) is 0 Å². The second kappa shape index (κ2) is 4.15. The fraction of sp³-hybridized carbons (Fsp3) is 0.250. The average molecular weight is 213 g/mol. The Labute approximate surface area is 93.8 Å². The first-order valence-corrected chi connectivity index (χ1v) is 5.03. The van der Waals surface area contributed by atoms with Crippen molar-refractivity contribution in [1.82, 2.24) is 0 Å². The molecule has 80 valence electrons. The molecule has 1 aromatic carbocycles. The predicted octanol–water partition coefficient (Wildman–Crippen LogP) is 1.71. The quantitative estimate of drug-likeness (QED) is 0.703. The van der Waals surface area contributed by atoms with Gasteiger partial charge in [0, 0.05) is 12.1 Å². The third-order valence-electron chi connectivity index (χ3n) is 2.52. The lowest BCUT2D eigenvalue weighted by molar-refractivity contribution is -0.108. The summed E-state index contributed by atoms with van der Waals surface area (Å²) in [6.45, 7) is 1.90. The molecule has 4 nitrogen and oxygen atoms in total. The Bertz CT molecular complexity index is 470. The molecule has 1 unspecified atom stereocenters. The van der Waals surface area contributed by atoms with E-state index < -0.39 is 0 Å². The van der Waals surface area contributed by atoms with E-state index in [9.17, 15) is 4.79 Å². The maximum absolute atomic E-state index is 10.9. The minimum absolute atomic E-state index is 0.215. The standard InChI is InChI=1S/C12H11N3O/c1-9-6-12(8-16)15(14-9)11-4-2-10(7-13)3-5-11/h2-5,8,12H,6H2,1H3. The van der Waals surface area contributed by atoms with Gasteiger partial charge in [0.25, 0.3) is 0 Å². The van der Waals surface area contributed by atoms with Gasteiger partial charge >= 0.3 is 0 Å². The third kappa shape index (κ3) is 1.80. The van der Waals surface area contributed by atoms with Crippen LogP contribution in [0.25, 0.3) is 0 Å². The van der Waals surface area contributed by atoms with Crippen molar-refractivity contribution in [3.8, 4) is 6.07 Å². The van der Waals surface area contributed by atoms with Gasteiger partial charge in [0.15, 0.2) is 0 Å². The van der Waals surface area contributed by atoms with Crippen LogP contribution in [0.4, 0.5) is 5.69 Å². The lowest BCUT2D eigenvalue weighted by Gasteiger charge is -2.18. The fourth-order valence-corrected chi connectivity index (χ4v) is 1.73. The van der Waals surface area contributed by atoms with Crippen LogP contribution in [0.5, 0.6) is 0 Å². The summed E-state index contributed by atoms with van der Waals surface area (Å²) in [5, 5.41) is 14.7. The highest BCUT2D eigenvalue weighted by Gasteiger charge is 2.24. The Kier molecular flexibility index (Phi) is 2.69. The topological polar surface area (TPSA) is 56.5 Å². The summed E-state index contributed by atoms with van der Waals surface area (Å²) in [6.07, 6.45) is 1.57. The number of hydrogen-bond donors (Lipinski definition) is 0. The number of nitriles is 1. The van der Waals surface area contributed by atoms with Gasteiger partial charge in [-0.2, -0.15) is 10.4 Å². The van der Waals surface area contributed by atoms with Gasteiger partial charge in [-0.25, -0.2) is 0 Å². The van der Waals surface area contributed by atoms with E-state index in [4.69, 9.17) is 5.26 Å². The smallest absolute Gasteiger partial charge is 0.144 e. The molecule has 0 N–H and O–H groups in total. The van der Waals surface area contributed by atoms with Gasteiger partial charge in [0.05, 0.1) is 17.3 Å². The molecule has 1 aliphatic rings. The van der Waals surface area contributed by atoms with Crippen molar-refractivity contribution in [2.75, 3.05) is 5.01 Å². The molecule has 0 saturated heterocycles. The zero-order chi connectivity index (χ0) is 11.5. The molecule has 4 heteroatoms. The number of rotatable bonds is 2. The highest BCUT2D eigenvalue weighted by Crippen LogP contribution is 2.23. The summed E-state index contributed by atoms with van der Waals surface area (Å²) in [7, 11) is 0. The highest BCUT2D eigenvalue weighted by atomic mass is 16.1. The minimum Gasteiger partial charge on any atom is -0.301 e. The van der Waals surface area contributed by atoms with E-state index in [-0.39, 0.29) is 6.04 Å². The third-order valence-corrected chi connectivity index (χ3v) is 2.52. The van der Waals surface area contributed by atoms with Crippen molar-refractivity contribution in [3.63, 3.8) is 0 Å². The normalized spacial score (nSPS) is 19.1. The van der Waals surface area contributed by atoms with Gasteiger partial charge in [-0.3, -0.25) is 5.01 Å². The van der Waals surface area contributed by atoms with E-state index in [0.717, 1.165) is 17.7 Å². The van der Waals surface area contributed by atoms with E-state index >= 15 is 0 Å². The van der Waals surface area contributed by atoms with Gasteiger partial charge in [-0.1, -0.05) is 0 Å². The monoisotopic (exact) mass is 213 g/mol. The average Bonchev–Trinajstić information content (AvgIpc) is 2.70. The van der Waals surface area contributed by atoms with Crippen LogP contribution in [0.2, 0.25) is 0 Å². The first-order valence-electron chi connectivity index (χ1n) is 5.03. The maximum atomic E-state index is 10.9. The van der Waals surface area contributed by atoms with Crippen LogP contribution < -0.4 is 5.01 Å². The van der Waals surface area contributed by atoms with Crippen molar-refractivity contribution in [3.05, 3.63) is 29.8 Å². The van der Waals surface area contributed by atoms with Crippen molar-refractivity contribution < 1.29 is 4.79 Å². The zero-order valence-electron chi connectivity index (χ0n) is 8.92. The number of carbonyl (C=O) groups is 1. The lowest BCUT2D eigenvalue weighted by Crippen LogP contribution is -2.27. The Morgan fingerprint density at radius 1 is 1.50 bits per heavy atom. The Balaban J connectivity index is 2.29. The molecule has 2 rings (SSSR count). The lowest BCUT2D eigenvalue weighted by atomic mass is 10.1. The van der Waals surface area contributed by atoms with Gasteiger partial charge in [0.2, 0.25) is 0 Å². The number of hydrazone groups is 1. The van der Waals surface area contributed by atoms with Crippen LogP contribution >= 0.6 is 0 Å². The van der Waals surface area contributed by atoms with Gasteiger partial charge in [-0.05, 0) is 31.2 Å². The van der Waals surface area contributed by atoms with Crippen molar-refractivity contribution in [2.24, 2.45) is 5.10 Å². The van der Waals surface area contributed by atoms with Gasteiger partial charge in [0.1, 0.15) is 12.3 Å². The molecule has 0 aromatic heterocycles. The van der Waals surface area contributed by atoms with Crippen LogP contribution in [-0.2, 0) is 4.79 Å². The van der Waals surface area contributed by atoms with E-state index in [0.29, 0.717) is 12.0 Å². The van der Waals surface area contributed by atoms with E-state index in [2.05, 4.69) is 11.2 Å². The molecule has 0 radical (unpaired) electrons. The molecule has 1 aliphatic heterocycles. The molecule has 0 fully saturated rings. The zero-order valence-corrected chi connectivity index (χ0v) is 8.92. The number of carbonyl (C=O) groups excluding carboxylic acids is 1. The molecule has 0 amide bonds. The number of anilines is 1. The fourth-order valence-electron chi connectivity index (χ4n) is 1.73. The first kappa shape index (κ1) is 10.4. The molecule has 0 saturated carbocycles. The number of aldehydes is 1. The van der Waals surface area contributed by atoms with Gasteiger partial charge < -0.3 is 4.79 Å². The molecule has 1 aromatic rings. The Hall–Kier alpha value is -2.15. The second-order valence-electron chi connectivity index (χ2n) is 3.75. The molecule has 0 spiro atoms. The summed E-state index contributed by atoms with van der Waals surface area (Å²) >= 11 is 0. The maximum Gasteiger partial charge on any atom is 0.144 e. The van der Waals surface area contributed by atoms with E-state index in [1.54, 1.807) is 29.3 Å². The molecule has 16 heavy (non-hydrogen) atoms. The minimum atomic E-state index is -0.215. The van der Waals surface area contributed by atoms with Crippen LogP contribution in [0.15, 0.2) is 29.4 Å². The highest BCUT2D eigenvalue weighted by molar-refractivity contribution is 5.90. The van der Waals surface area contributed by atoms with E-state index in [1.807, 2.05) is 6.92 Å². The first-order chi connectivity index (χ1) is 7.74. The number of benzene rings is 1. The van der Waals surface area contributed by atoms with Crippen LogP contribution in [0, 0.1) is 11.3 Å².